The molecule has 0 aliphatic carbocycles. The lowest BCUT2D eigenvalue weighted by atomic mass is 9.99. The van der Waals surface area contributed by atoms with Crippen LogP contribution in [0.5, 0.6) is 0 Å². The second-order valence-corrected chi connectivity index (χ2v) is 3.57. The molecule has 6 heteroatoms. The molecule has 2 aliphatic heterocycles. The van der Waals surface area contributed by atoms with E-state index in [9.17, 15) is 20.4 Å². The van der Waals surface area contributed by atoms with Crippen molar-refractivity contribution in [1.29, 1.82) is 0 Å². The Hall–Kier alpha value is 0.0900. The molecule has 78 valence electrons. The van der Waals surface area contributed by atoms with Gasteiger partial charge in [0.15, 0.2) is 0 Å². The van der Waals surface area contributed by atoms with E-state index in [1.165, 1.54) is 0 Å². The zero-order valence-corrected chi connectivity index (χ0v) is 7.68. The van der Waals surface area contributed by atoms with Gasteiger partial charge in [-0.3, -0.25) is 0 Å². The Bertz CT molecular complexity index is 185. The molecule has 2 fully saturated rings. The summed E-state index contributed by atoms with van der Waals surface area (Å²) in [5, 5.41) is 40.3. The van der Waals surface area contributed by atoms with Gasteiger partial charge in [0.05, 0.1) is 30.5 Å². The van der Waals surface area contributed by atoms with Crippen molar-refractivity contribution in [3.63, 3.8) is 0 Å². The number of aliphatic hydroxyl groups is 4. The average molecular weight is 212 g/mol. The minimum absolute atomic E-state index is 0. The summed E-state index contributed by atoms with van der Waals surface area (Å²) in [6.07, 6.45) is -3.37. The third-order valence-electron chi connectivity index (χ3n) is 2.79. The van der Waals surface area contributed by atoms with Crippen LogP contribution in [0.4, 0.5) is 0 Å². The Morgan fingerprint density at radius 1 is 0.923 bits per heavy atom. The maximum atomic E-state index is 9.37. The number of piperidine rings is 1. The third kappa shape index (κ3) is 1.56. The summed E-state index contributed by atoms with van der Waals surface area (Å²) < 4.78 is 0. The van der Waals surface area contributed by atoms with Crippen LogP contribution in [0.25, 0.3) is 0 Å². The minimum atomic E-state index is -0.978. The van der Waals surface area contributed by atoms with E-state index in [0.29, 0.717) is 0 Å². The molecular formula is C7H14ClNO4. The van der Waals surface area contributed by atoms with E-state index >= 15 is 0 Å². The molecule has 0 radical (unpaired) electrons. The molecule has 0 amide bonds. The molecule has 0 aromatic rings. The van der Waals surface area contributed by atoms with E-state index in [4.69, 9.17) is 0 Å². The summed E-state index contributed by atoms with van der Waals surface area (Å²) in [6.45, 7) is 0. The fourth-order valence-electron chi connectivity index (χ4n) is 2.04. The van der Waals surface area contributed by atoms with Gasteiger partial charge in [-0.1, -0.05) is 0 Å². The van der Waals surface area contributed by atoms with Crippen LogP contribution in [0.3, 0.4) is 0 Å². The molecule has 0 aromatic heterocycles. The fraction of sp³-hybridized carbons (Fsp3) is 1.00. The van der Waals surface area contributed by atoms with Crippen molar-refractivity contribution in [3.8, 4) is 0 Å². The third-order valence-corrected chi connectivity index (χ3v) is 2.79. The van der Waals surface area contributed by atoms with E-state index in [2.05, 4.69) is 5.32 Å². The van der Waals surface area contributed by atoms with Crippen LogP contribution in [-0.4, -0.2) is 56.9 Å². The molecule has 5 N–H and O–H groups in total. The zero-order chi connectivity index (χ0) is 8.88. The Morgan fingerprint density at radius 3 is 2.15 bits per heavy atom. The lowest BCUT2D eigenvalue weighted by molar-refractivity contribution is -0.0417. The predicted octanol–water partition coefficient (Wildman–Crippen LogP) is -2.40. The molecule has 2 bridgehead atoms. The Morgan fingerprint density at radius 2 is 1.54 bits per heavy atom. The lowest BCUT2D eigenvalue weighted by Gasteiger charge is -2.30. The van der Waals surface area contributed by atoms with Crippen molar-refractivity contribution in [2.45, 2.75) is 42.9 Å². The summed E-state index contributed by atoms with van der Waals surface area (Å²) in [5.41, 5.74) is 0. The fourth-order valence-corrected chi connectivity index (χ4v) is 2.04. The highest BCUT2D eigenvalue weighted by Gasteiger charge is 2.50. The number of hydrogen-bond acceptors (Lipinski definition) is 5. The van der Waals surface area contributed by atoms with Crippen molar-refractivity contribution >= 4 is 12.4 Å². The van der Waals surface area contributed by atoms with Gasteiger partial charge in [-0.15, -0.1) is 12.4 Å². The molecule has 2 saturated heterocycles. The highest BCUT2D eigenvalue weighted by atomic mass is 35.5. The van der Waals surface area contributed by atoms with Crippen molar-refractivity contribution in [3.05, 3.63) is 0 Å². The molecule has 5 nitrogen and oxygen atoms in total. The van der Waals surface area contributed by atoms with Crippen LogP contribution in [-0.2, 0) is 0 Å². The molecule has 0 unspecified atom stereocenters. The van der Waals surface area contributed by atoms with Gasteiger partial charge in [-0.2, -0.15) is 0 Å². The van der Waals surface area contributed by atoms with Crippen LogP contribution in [0.1, 0.15) is 6.42 Å². The first kappa shape index (κ1) is 11.2. The average Bonchev–Trinajstić information content (AvgIpc) is 2.28. The predicted molar refractivity (Wildman–Crippen MR) is 46.6 cm³/mol. The first-order valence-corrected chi connectivity index (χ1v) is 4.09. The zero-order valence-electron chi connectivity index (χ0n) is 6.87. The van der Waals surface area contributed by atoms with Crippen molar-refractivity contribution < 1.29 is 20.4 Å². The van der Waals surface area contributed by atoms with Crippen LogP contribution >= 0.6 is 12.4 Å². The summed E-state index contributed by atoms with van der Waals surface area (Å²) in [6, 6.07) is -0.878. The Balaban J connectivity index is 0.000000845. The number of aliphatic hydroxyl groups excluding tert-OH is 4. The van der Waals surface area contributed by atoms with Crippen molar-refractivity contribution in [1.82, 2.24) is 5.32 Å². The Labute approximate surface area is 81.8 Å². The van der Waals surface area contributed by atoms with Gasteiger partial charge in [0.1, 0.15) is 0 Å². The van der Waals surface area contributed by atoms with Gasteiger partial charge < -0.3 is 25.7 Å². The van der Waals surface area contributed by atoms with Gasteiger partial charge >= 0.3 is 0 Å². The summed E-state index contributed by atoms with van der Waals surface area (Å²) in [4.78, 5) is 0. The largest absolute Gasteiger partial charge is 0.390 e. The normalized spacial score (nSPS) is 54.5. The molecule has 0 aromatic carbocycles. The highest BCUT2D eigenvalue weighted by molar-refractivity contribution is 5.85. The number of rotatable bonds is 0. The van der Waals surface area contributed by atoms with Gasteiger partial charge in [-0.25, -0.2) is 0 Å². The molecule has 2 heterocycles. The monoisotopic (exact) mass is 211 g/mol. The van der Waals surface area contributed by atoms with E-state index < -0.39 is 30.5 Å². The summed E-state index contributed by atoms with van der Waals surface area (Å²) in [5.74, 6) is 0. The first-order chi connectivity index (χ1) is 5.61. The molecule has 2 aliphatic rings. The molecular weight excluding hydrogens is 198 g/mol. The van der Waals surface area contributed by atoms with Gasteiger partial charge in [0.2, 0.25) is 0 Å². The molecule has 0 saturated carbocycles. The smallest absolute Gasteiger partial charge is 0.0993 e. The molecule has 13 heavy (non-hydrogen) atoms. The number of fused-ring (bicyclic) bond motifs is 2. The van der Waals surface area contributed by atoms with Crippen molar-refractivity contribution in [2.24, 2.45) is 0 Å². The van der Waals surface area contributed by atoms with Crippen LogP contribution in [0.15, 0.2) is 0 Å². The van der Waals surface area contributed by atoms with E-state index in [0.717, 1.165) is 0 Å². The summed E-state index contributed by atoms with van der Waals surface area (Å²) in [7, 11) is 0. The van der Waals surface area contributed by atoms with Crippen LogP contribution in [0.2, 0.25) is 0 Å². The minimum Gasteiger partial charge on any atom is -0.390 e. The van der Waals surface area contributed by atoms with E-state index in [-0.39, 0.29) is 24.9 Å². The Kier molecular flexibility index (Phi) is 3.16. The van der Waals surface area contributed by atoms with Gasteiger partial charge in [0.25, 0.3) is 0 Å². The standard InChI is InChI=1S/C7H13NO4.ClH/c9-3-1-2-5(10)7(12)4(8-2)6(3)11;/h2-12H,1H2;1H/t2-,3+,4+,5-,6+,7+;/m1./s1. The van der Waals surface area contributed by atoms with E-state index in [1.807, 2.05) is 0 Å². The number of halogens is 1. The lowest BCUT2D eigenvalue weighted by Crippen LogP contribution is -2.54. The molecule has 0 spiro atoms. The van der Waals surface area contributed by atoms with Gasteiger partial charge in [-0.05, 0) is 6.42 Å². The number of hydrogen-bond donors (Lipinski definition) is 5. The van der Waals surface area contributed by atoms with Crippen LogP contribution in [0, 0.1) is 0 Å². The topological polar surface area (TPSA) is 93.0 Å². The second kappa shape index (κ2) is 3.68. The SMILES string of the molecule is Cl.O[C@@H]1[C@H](O)[C@H]2C[C@H](O)[C@H](O)[C@@H]1N2. The maximum Gasteiger partial charge on any atom is 0.0993 e. The molecule has 6 atom stereocenters. The van der Waals surface area contributed by atoms with Gasteiger partial charge in [0, 0.05) is 6.04 Å². The first-order valence-electron chi connectivity index (χ1n) is 4.09. The summed E-state index contributed by atoms with van der Waals surface area (Å²) >= 11 is 0. The van der Waals surface area contributed by atoms with Crippen LogP contribution < -0.4 is 5.32 Å². The quantitative estimate of drug-likeness (QED) is 0.308. The maximum absolute atomic E-state index is 9.37. The second-order valence-electron chi connectivity index (χ2n) is 3.57. The van der Waals surface area contributed by atoms with E-state index in [1.54, 1.807) is 0 Å². The molecule has 2 rings (SSSR count). The van der Waals surface area contributed by atoms with Crippen molar-refractivity contribution in [2.75, 3.05) is 0 Å². The number of nitrogens with one attached hydrogen (secondary N) is 1. The highest BCUT2D eigenvalue weighted by Crippen LogP contribution is 2.27.